The lowest BCUT2D eigenvalue weighted by Gasteiger charge is -2.36. The number of nitrogens with zero attached hydrogens (tertiary/aromatic N) is 4. The van der Waals surface area contributed by atoms with Crippen molar-refractivity contribution in [2.75, 3.05) is 39.3 Å². The highest BCUT2D eigenvalue weighted by molar-refractivity contribution is 14.1. The number of oxime groups is 1. The molecule has 1 N–H and O–H groups in total. The van der Waals surface area contributed by atoms with Crippen LogP contribution in [0, 0.1) is 6.92 Å². The Bertz CT molecular complexity index is 1300. The highest BCUT2D eigenvalue weighted by Crippen LogP contribution is 2.41. The maximum absolute atomic E-state index is 13.5. The molecule has 204 valence electrons. The van der Waals surface area contributed by atoms with Gasteiger partial charge in [-0.15, -0.1) is 11.3 Å². The van der Waals surface area contributed by atoms with E-state index in [0.29, 0.717) is 31.8 Å². The molecule has 2 aliphatic rings. The average molecular weight is 660 g/mol. The van der Waals surface area contributed by atoms with E-state index >= 15 is 0 Å². The number of hydrogen-bond acceptors (Lipinski definition) is 8. The number of thiazole rings is 1. The summed E-state index contributed by atoms with van der Waals surface area (Å²) in [5.74, 6) is 1.45. The van der Waals surface area contributed by atoms with E-state index in [4.69, 9.17) is 9.57 Å². The first-order valence-electron chi connectivity index (χ1n) is 12.4. The van der Waals surface area contributed by atoms with Gasteiger partial charge in [0.25, 0.3) is 0 Å². The number of fused-ring (bicyclic) bond motifs is 1. The first-order chi connectivity index (χ1) is 18.2. The van der Waals surface area contributed by atoms with E-state index in [2.05, 4.69) is 19.9 Å². The largest absolute Gasteiger partial charge is 0.491 e. The molecule has 1 fully saturated rings. The van der Waals surface area contributed by atoms with Crippen LogP contribution in [0.3, 0.4) is 0 Å². The lowest BCUT2D eigenvalue weighted by atomic mass is 9.99. The Balaban J connectivity index is 1.07. The fourth-order valence-electron chi connectivity index (χ4n) is 4.77. The fourth-order valence-corrected chi connectivity index (χ4v) is 6.50. The van der Waals surface area contributed by atoms with Gasteiger partial charge in [0, 0.05) is 38.8 Å². The van der Waals surface area contributed by atoms with Gasteiger partial charge < -0.3 is 19.6 Å². The molecule has 0 amide bonds. The number of halogens is 4. The molecule has 2 aromatic carbocycles. The van der Waals surface area contributed by atoms with E-state index in [-0.39, 0.29) is 12.2 Å². The number of β-amino-alcohol motifs (C(OH)–C–C–N with tert-alkyl or cyclic N) is 1. The number of ether oxygens (including phenoxy) is 1. The number of aliphatic hydroxyl groups is 1. The smallest absolute Gasteiger partial charge is 0.416 e. The Labute approximate surface area is 236 Å². The molecule has 0 radical (unpaired) electrons. The second-order valence-electron chi connectivity index (χ2n) is 9.46. The molecule has 7 nitrogen and oxygen atoms in total. The molecule has 0 aliphatic carbocycles. The van der Waals surface area contributed by atoms with E-state index in [1.165, 1.54) is 12.1 Å². The van der Waals surface area contributed by atoms with Crippen molar-refractivity contribution >= 4 is 50.0 Å². The van der Waals surface area contributed by atoms with Crippen LogP contribution in [-0.2, 0) is 11.0 Å². The fraction of sp³-hybridized carbons (Fsp3) is 0.462. The predicted octanol–water partition coefficient (Wildman–Crippen LogP) is 5.26. The van der Waals surface area contributed by atoms with E-state index in [1.54, 1.807) is 17.4 Å². The number of piperazine rings is 1. The van der Waals surface area contributed by atoms with E-state index in [0.717, 1.165) is 40.2 Å². The summed E-state index contributed by atoms with van der Waals surface area (Å²) in [6, 6.07) is 11.4. The summed E-state index contributed by atoms with van der Waals surface area (Å²) in [5.41, 5.74) is 0.478. The van der Waals surface area contributed by atoms with E-state index in [1.807, 2.05) is 47.7 Å². The molecule has 0 spiro atoms. The highest BCUT2D eigenvalue weighted by atomic mass is 127. The van der Waals surface area contributed by atoms with Crippen molar-refractivity contribution in [3.05, 3.63) is 58.6 Å². The number of alkyl halides is 4. The highest BCUT2D eigenvalue weighted by Gasteiger charge is 2.39. The van der Waals surface area contributed by atoms with Crippen LogP contribution >= 0.6 is 33.9 Å². The Morgan fingerprint density at radius 1 is 1.18 bits per heavy atom. The van der Waals surface area contributed by atoms with Crippen LogP contribution in [0.1, 0.15) is 26.5 Å². The zero-order valence-electron chi connectivity index (χ0n) is 20.7. The van der Waals surface area contributed by atoms with Crippen LogP contribution in [0.2, 0.25) is 0 Å². The molecule has 38 heavy (non-hydrogen) atoms. The van der Waals surface area contributed by atoms with Gasteiger partial charge in [0.05, 0.1) is 31.1 Å². The van der Waals surface area contributed by atoms with Crippen LogP contribution in [0.25, 0.3) is 10.2 Å². The minimum Gasteiger partial charge on any atom is -0.491 e. The molecule has 0 saturated carbocycles. The standard InChI is InChI=1S/C26H28F3IN4O3S/c1-16-31-21-12-18(6-7-23(21)38-16)36-15-17(35)14-33-8-10-34(11-9-33)24-13-22(37-32-24)25(30)19-4-2-3-5-20(19)26(27,28)29/h2-7,12,17,22,25,35H,8-11,13-15H2,1H3/t17-,22?,25?/m1/s1. The maximum Gasteiger partial charge on any atom is 0.416 e. The molecule has 2 unspecified atom stereocenters. The summed E-state index contributed by atoms with van der Waals surface area (Å²) in [5, 5.41) is 15.7. The summed E-state index contributed by atoms with van der Waals surface area (Å²) >= 11 is 3.66. The van der Waals surface area contributed by atoms with Crippen LogP contribution in [0.15, 0.2) is 47.6 Å². The molecular formula is C26H28F3IN4O3S. The number of aromatic nitrogens is 1. The average Bonchev–Trinajstić information content (AvgIpc) is 3.53. The van der Waals surface area contributed by atoms with Gasteiger partial charge in [0.1, 0.15) is 24.3 Å². The third-order valence-corrected chi connectivity index (χ3v) is 9.11. The minimum absolute atomic E-state index is 0.188. The summed E-state index contributed by atoms with van der Waals surface area (Å²) < 4.78 is 46.8. The summed E-state index contributed by atoms with van der Waals surface area (Å²) in [7, 11) is 0. The van der Waals surface area contributed by atoms with Gasteiger partial charge in [0.15, 0.2) is 6.10 Å². The topological polar surface area (TPSA) is 70.4 Å². The third-order valence-electron chi connectivity index (χ3n) is 6.68. The number of benzene rings is 2. The molecule has 1 aromatic heterocycles. The van der Waals surface area contributed by atoms with Crippen molar-refractivity contribution in [3.63, 3.8) is 0 Å². The quantitative estimate of drug-likeness (QED) is 0.276. The summed E-state index contributed by atoms with van der Waals surface area (Å²) in [4.78, 5) is 14.4. The van der Waals surface area contributed by atoms with Gasteiger partial charge >= 0.3 is 6.18 Å². The zero-order chi connectivity index (χ0) is 26.9. The normalized spacial score (nSPS) is 20.3. The Morgan fingerprint density at radius 3 is 2.71 bits per heavy atom. The van der Waals surface area contributed by atoms with Gasteiger partial charge in [-0.1, -0.05) is 45.9 Å². The SMILES string of the molecule is Cc1nc2cc(OC[C@H](O)CN3CCN(C4=NOC(C(I)c5ccccc5C(F)(F)F)C4)CC3)ccc2s1. The van der Waals surface area contributed by atoms with Crippen molar-refractivity contribution < 1.29 is 27.9 Å². The Morgan fingerprint density at radius 2 is 1.95 bits per heavy atom. The van der Waals surface area contributed by atoms with Gasteiger partial charge in [-0.25, -0.2) is 4.98 Å². The molecule has 3 atom stereocenters. The first kappa shape index (κ1) is 27.4. The number of rotatable bonds is 7. The Hall–Kier alpha value is -2.16. The molecule has 3 heterocycles. The minimum atomic E-state index is -4.41. The van der Waals surface area contributed by atoms with Crippen molar-refractivity contribution in [3.8, 4) is 5.75 Å². The number of hydrogen-bond donors (Lipinski definition) is 1. The predicted molar refractivity (Wildman–Crippen MR) is 149 cm³/mol. The summed E-state index contributed by atoms with van der Waals surface area (Å²) in [6.45, 7) is 5.51. The molecule has 5 rings (SSSR count). The molecule has 0 bridgehead atoms. The Kier molecular flexibility index (Phi) is 8.31. The first-order valence-corrected chi connectivity index (χ1v) is 14.4. The number of aliphatic hydroxyl groups excluding tert-OH is 1. The van der Waals surface area contributed by atoms with E-state index in [9.17, 15) is 18.3 Å². The zero-order valence-corrected chi connectivity index (χ0v) is 23.7. The number of aryl methyl sites for hydroxylation is 1. The third kappa shape index (κ3) is 6.35. The van der Waals surface area contributed by atoms with Crippen molar-refractivity contribution in [2.24, 2.45) is 5.16 Å². The lowest BCUT2D eigenvalue weighted by Crippen LogP contribution is -2.50. The van der Waals surface area contributed by atoms with Crippen molar-refractivity contribution in [1.82, 2.24) is 14.8 Å². The molecule has 1 saturated heterocycles. The van der Waals surface area contributed by atoms with Gasteiger partial charge in [-0.05, 0) is 30.7 Å². The van der Waals surface area contributed by atoms with Crippen LogP contribution in [-0.4, -0.2) is 77.3 Å². The second-order valence-corrected chi connectivity index (χ2v) is 12.0. The molecule has 12 heteroatoms. The van der Waals surface area contributed by atoms with Crippen LogP contribution < -0.4 is 4.74 Å². The summed E-state index contributed by atoms with van der Waals surface area (Å²) in [6.07, 6.45) is -5.06. The van der Waals surface area contributed by atoms with Crippen LogP contribution in [0.4, 0.5) is 13.2 Å². The monoisotopic (exact) mass is 660 g/mol. The van der Waals surface area contributed by atoms with Crippen LogP contribution in [0.5, 0.6) is 5.75 Å². The van der Waals surface area contributed by atoms with Crippen molar-refractivity contribution in [1.29, 1.82) is 0 Å². The second kappa shape index (κ2) is 11.5. The lowest BCUT2D eigenvalue weighted by molar-refractivity contribution is -0.138. The van der Waals surface area contributed by atoms with Gasteiger partial charge in [0.2, 0.25) is 0 Å². The molecular weight excluding hydrogens is 632 g/mol. The van der Waals surface area contributed by atoms with E-state index < -0.39 is 27.9 Å². The van der Waals surface area contributed by atoms with Gasteiger partial charge in [-0.3, -0.25) is 4.90 Å². The molecule has 3 aromatic rings. The maximum atomic E-state index is 13.5. The van der Waals surface area contributed by atoms with Crippen molar-refractivity contribution in [2.45, 2.75) is 35.7 Å². The molecule has 2 aliphatic heterocycles. The number of amidine groups is 1. The van der Waals surface area contributed by atoms with Gasteiger partial charge in [-0.2, -0.15) is 13.2 Å².